The quantitative estimate of drug-likeness (QED) is 0.229. The molecule has 0 spiro atoms. The molecule has 0 saturated carbocycles. The van der Waals surface area contributed by atoms with Crippen molar-refractivity contribution in [1.29, 1.82) is 0 Å². The second-order valence-corrected chi connectivity index (χ2v) is 6.67. The SMILES string of the molecule is CCNC(=NCC(=O)Nc1ccc(F)c(F)c1F)NCCCOC(C)c1ccccc1. The molecule has 3 N–H and O–H groups in total. The summed E-state index contributed by atoms with van der Waals surface area (Å²) in [7, 11) is 0. The summed E-state index contributed by atoms with van der Waals surface area (Å²) in [6, 6.07) is 11.6. The van der Waals surface area contributed by atoms with Crippen molar-refractivity contribution < 1.29 is 22.7 Å². The van der Waals surface area contributed by atoms with E-state index in [1.807, 2.05) is 44.2 Å². The van der Waals surface area contributed by atoms with Crippen LogP contribution in [0.25, 0.3) is 0 Å². The fourth-order valence-electron chi connectivity index (χ4n) is 2.66. The standard InChI is InChI=1S/C22H27F3N4O2/c1-3-26-22(27-12-7-13-31-15(2)16-8-5-4-6-9-16)28-14-19(30)29-18-11-10-17(23)20(24)21(18)25/h4-6,8-11,15H,3,7,12-14H2,1-2H3,(H,29,30)(H2,26,27,28). The Morgan fingerprint density at radius 2 is 1.81 bits per heavy atom. The van der Waals surface area contributed by atoms with Gasteiger partial charge in [0.05, 0.1) is 11.8 Å². The summed E-state index contributed by atoms with van der Waals surface area (Å²) in [4.78, 5) is 16.1. The van der Waals surface area contributed by atoms with Gasteiger partial charge < -0.3 is 20.7 Å². The van der Waals surface area contributed by atoms with Gasteiger partial charge in [-0.1, -0.05) is 30.3 Å². The van der Waals surface area contributed by atoms with Crippen LogP contribution >= 0.6 is 0 Å². The number of nitrogens with one attached hydrogen (secondary N) is 3. The van der Waals surface area contributed by atoms with Crippen LogP contribution < -0.4 is 16.0 Å². The Morgan fingerprint density at radius 1 is 1.06 bits per heavy atom. The Kier molecular flexibility index (Phi) is 9.83. The Morgan fingerprint density at radius 3 is 2.52 bits per heavy atom. The van der Waals surface area contributed by atoms with Crippen LogP contribution in [-0.2, 0) is 9.53 Å². The molecule has 1 amide bonds. The first-order chi connectivity index (χ1) is 14.9. The third-order valence-electron chi connectivity index (χ3n) is 4.28. The lowest BCUT2D eigenvalue weighted by molar-refractivity contribution is -0.114. The van der Waals surface area contributed by atoms with Crippen molar-refractivity contribution in [2.24, 2.45) is 4.99 Å². The van der Waals surface area contributed by atoms with Crippen molar-refractivity contribution in [2.75, 3.05) is 31.6 Å². The van der Waals surface area contributed by atoms with Crippen LogP contribution in [0.5, 0.6) is 0 Å². The van der Waals surface area contributed by atoms with Crippen LogP contribution in [0.4, 0.5) is 18.9 Å². The number of hydrogen-bond acceptors (Lipinski definition) is 3. The predicted octanol–water partition coefficient (Wildman–Crippen LogP) is 3.77. The summed E-state index contributed by atoms with van der Waals surface area (Å²) < 4.78 is 45.7. The lowest BCUT2D eigenvalue weighted by atomic mass is 10.1. The zero-order valence-corrected chi connectivity index (χ0v) is 17.6. The molecule has 31 heavy (non-hydrogen) atoms. The van der Waals surface area contributed by atoms with Crippen LogP contribution in [0.2, 0.25) is 0 Å². The lowest BCUT2D eigenvalue weighted by Crippen LogP contribution is -2.38. The maximum Gasteiger partial charge on any atom is 0.246 e. The molecule has 2 rings (SSSR count). The first-order valence-electron chi connectivity index (χ1n) is 10.0. The monoisotopic (exact) mass is 436 g/mol. The van der Waals surface area contributed by atoms with E-state index in [2.05, 4.69) is 20.9 Å². The van der Waals surface area contributed by atoms with Crippen LogP contribution in [-0.4, -0.2) is 38.1 Å². The molecule has 0 bridgehead atoms. The van der Waals surface area contributed by atoms with Crippen molar-refractivity contribution in [3.8, 4) is 0 Å². The fraction of sp³-hybridized carbons (Fsp3) is 0.364. The van der Waals surface area contributed by atoms with Crippen molar-refractivity contribution in [1.82, 2.24) is 10.6 Å². The predicted molar refractivity (Wildman–Crippen MR) is 114 cm³/mol. The van der Waals surface area contributed by atoms with Gasteiger partial charge in [0.1, 0.15) is 6.54 Å². The minimum Gasteiger partial charge on any atom is -0.374 e. The average molecular weight is 436 g/mol. The number of rotatable bonds is 10. The molecule has 9 heteroatoms. The molecular weight excluding hydrogens is 409 g/mol. The van der Waals surface area contributed by atoms with Gasteiger partial charge in [-0.25, -0.2) is 18.2 Å². The van der Waals surface area contributed by atoms with Gasteiger partial charge in [-0.2, -0.15) is 0 Å². The van der Waals surface area contributed by atoms with E-state index in [1.54, 1.807) is 0 Å². The van der Waals surface area contributed by atoms with E-state index < -0.39 is 29.0 Å². The van der Waals surface area contributed by atoms with Crippen molar-refractivity contribution in [2.45, 2.75) is 26.4 Å². The minimum absolute atomic E-state index is 0.0107. The molecular formula is C22H27F3N4O2. The summed E-state index contributed by atoms with van der Waals surface area (Å²) in [6.07, 6.45) is 0.705. The third kappa shape index (κ3) is 7.93. The highest BCUT2D eigenvalue weighted by atomic mass is 19.2. The Hall–Kier alpha value is -3.07. The maximum absolute atomic E-state index is 13.6. The highest BCUT2D eigenvalue weighted by molar-refractivity contribution is 5.94. The van der Waals surface area contributed by atoms with Crippen molar-refractivity contribution >= 4 is 17.6 Å². The number of amides is 1. The number of guanidine groups is 1. The molecule has 0 aliphatic rings. The lowest BCUT2D eigenvalue weighted by Gasteiger charge is -2.14. The highest BCUT2D eigenvalue weighted by Gasteiger charge is 2.15. The summed E-state index contributed by atoms with van der Waals surface area (Å²) in [6.45, 7) is 5.22. The molecule has 1 atom stereocenters. The van der Waals surface area contributed by atoms with Gasteiger partial charge in [-0.3, -0.25) is 4.79 Å². The van der Waals surface area contributed by atoms with Gasteiger partial charge >= 0.3 is 0 Å². The number of halogens is 3. The normalized spacial score (nSPS) is 12.4. The van der Waals surface area contributed by atoms with Crippen LogP contribution in [0, 0.1) is 17.5 Å². The molecule has 0 radical (unpaired) electrons. The molecule has 6 nitrogen and oxygen atoms in total. The van der Waals surface area contributed by atoms with E-state index in [4.69, 9.17) is 4.74 Å². The van der Waals surface area contributed by atoms with Gasteiger partial charge in [0, 0.05) is 19.7 Å². The number of ether oxygens (including phenoxy) is 1. The molecule has 0 heterocycles. The molecule has 0 aliphatic carbocycles. The van der Waals surface area contributed by atoms with Crippen molar-refractivity contribution in [3.63, 3.8) is 0 Å². The summed E-state index contributed by atoms with van der Waals surface area (Å²) >= 11 is 0. The number of carbonyl (C=O) groups excluding carboxylic acids is 1. The molecule has 0 fully saturated rings. The van der Waals surface area contributed by atoms with Gasteiger partial charge in [-0.15, -0.1) is 0 Å². The number of anilines is 1. The Labute approximate surface area is 179 Å². The van der Waals surface area contributed by atoms with Gasteiger partial charge in [0.2, 0.25) is 5.91 Å². The molecule has 168 valence electrons. The first kappa shape index (κ1) is 24.2. The second-order valence-electron chi connectivity index (χ2n) is 6.67. The van der Waals surface area contributed by atoms with Crippen molar-refractivity contribution in [3.05, 3.63) is 65.5 Å². The number of nitrogens with zero attached hydrogens (tertiary/aromatic N) is 1. The maximum atomic E-state index is 13.6. The van der Waals surface area contributed by atoms with Gasteiger partial charge in [0.15, 0.2) is 23.4 Å². The zero-order valence-electron chi connectivity index (χ0n) is 17.6. The van der Waals surface area contributed by atoms with Crippen LogP contribution in [0.1, 0.15) is 31.9 Å². The number of benzene rings is 2. The molecule has 2 aromatic rings. The molecule has 0 aromatic heterocycles. The van der Waals surface area contributed by atoms with E-state index in [-0.39, 0.29) is 12.6 Å². The number of carbonyl (C=O) groups is 1. The highest BCUT2D eigenvalue weighted by Crippen LogP contribution is 2.19. The average Bonchev–Trinajstić information content (AvgIpc) is 2.78. The fourth-order valence-corrected chi connectivity index (χ4v) is 2.66. The molecule has 1 unspecified atom stereocenters. The summed E-state index contributed by atoms with van der Waals surface area (Å²) in [5.41, 5.74) is 0.663. The van der Waals surface area contributed by atoms with E-state index in [0.29, 0.717) is 32.1 Å². The van der Waals surface area contributed by atoms with E-state index in [1.165, 1.54) is 0 Å². The number of hydrogen-bond donors (Lipinski definition) is 3. The Bertz CT molecular complexity index is 879. The van der Waals surface area contributed by atoms with Crippen LogP contribution in [0.3, 0.4) is 0 Å². The summed E-state index contributed by atoms with van der Waals surface area (Å²) in [5.74, 6) is -4.68. The number of aliphatic imine (C=N–C) groups is 1. The Balaban J connectivity index is 1.76. The van der Waals surface area contributed by atoms with E-state index in [0.717, 1.165) is 17.7 Å². The van der Waals surface area contributed by atoms with Gasteiger partial charge in [0.25, 0.3) is 0 Å². The zero-order chi connectivity index (χ0) is 22.6. The third-order valence-corrected chi connectivity index (χ3v) is 4.28. The first-order valence-corrected chi connectivity index (χ1v) is 10.0. The second kappa shape index (κ2) is 12.6. The topological polar surface area (TPSA) is 74.8 Å². The van der Waals surface area contributed by atoms with Gasteiger partial charge in [-0.05, 0) is 38.0 Å². The summed E-state index contributed by atoms with van der Waals surface area (Å²) in [5, 5.41) is 8.24. The smallest absolute Gasteiger partial charge is 0.246 e. The largest absolute Gasteiger partial charge is 0.374 e. The molecule has 2 aromatic carbocycles. The minimum atomic E-state index is -1.64. The van der Waals surface area contributed by atoms with E-state index >= 15 is 0 Å². The molecule has 0 saturated heterocycles. The molecule has 0 aliphatic heterocycles. The van der Waals surface area contributed by atoms with Crippen LogP contribution in [0.15, 0.2) is 47.5 Å². The van der Waals surface area contributed by atoms with E-state index in [9.17, 15) is 18.0 Å².